The Kier molecular flexibility index (Phi) is 5.92. The van der Waals surface area contributed by atoms with E-state index in [1.165, 1.54) is 0 Å². The number of aliphatic hydroxyl groups is 8. The van der Waals surface area contributed by atoms with Crippen LogP contribution in [0.2, 0.25) is 0 Å². The van der Waals surface area contributed by atoms with Crippen LogP contribution in [0.1, 0.15) is 0 Å². The summed E-state index contributed by atoms with van der Waals surface area (Å²) in [5.41, 5.74) is 0. The Balaban J connectivity index is 2.15. The molecule has 23 heavy (non-hydrogen) atoms. The number of hydrogen-bond donors (Lipinski definition) is 8. The first-order chi connectivity index (χ1) is 10.8. The predicted octanol–water partition coefficient (Wildman–Crippen LogP) is -5.40. The van der Waals surface area contributed by atoms with E-state index in [1.807, 2.05) is 0 Å². The second kappa shape index (κ2) is 7.21. The minimum atomic E-state index is -2.37. The number of hydrogen-bond acceptors (Lipinski definition) is 11. The lowest BCUT2D eigenvalue weighted by Gasteiger charge is -2.41. The molecule has 0 aliphatic carbocycles. The van der Waals surface area contributed by atoms with Crippen molar-refractivity contribution in [2.24, 2.45) is 0 Å². The first kappa shape index (κ1) is 18.9. The number of ether oxygens (including phenoxy) is 3. The summed E-state index contributed by atoms with van der Waals surface area (Å²) in [6, 6.07) is 0. The van der Waals surface area contributed by atoms with Crippen molar-refractivity contribution in [2.45, 2.75) is 54.8 Å². The molecule has 0 radical (unpaired) electrons. The third kappa shape index (κ3) is 3.36. The van der Waals surface area contributed by atoms with Crippen LogP contribution in [0.4, 0.5) is 0 Å². The molecule has 2 fully saturated rings. The summed E-state index contributed by atoms with van der Waals surface area (Å²) < 4.78 is 15.2. The predicted molar refractivity (Wildman–Crippen MR) is 68.6 cm³/mol. The van der Waals surface area contributed by atoms with Crippen LogP contribution in [0, 0.1) is 0 Å². The zero-order valence-electron chi connectivity index (χ0n) is 12.0. The Morgan fingerprint density at radius 3 is 1.96 bits per heavy atom. The van der Waals surface area contributed by atoms with Crippen LogP contribution in [0.5, 0.6) is 0 Å². The Bertz CT molecular complexity index is 393. The average Bonchev–Trinajstić information content (AvgIpc) is 2.79. The van der Waals surface area contributed by atoms with Gasteiger partial charge in [-0.2, -0.15) is 0 Å². The van der Waals surface area contributed by atoms with Gasteiger partial charge >= 0.3 is 0 Å². The number of aliphatic hydroxyl groups excluding tert-OH is 7. The average molecular weight is 342 g/mol. The fourth-order valence-electron chi connectivity index (χ4n) is 2.64. The van der Waals surface area contributed by atoms with Crippen LogP contribution in [0.25, 0.3) is 0 Å². The van der Waals surface area contributed by atoms with E-state index in [0.717, 1.165) is 0 Å². The fraction of sp³-hybridized carbons (Fsp3) is 1.00. The zero-order valence-corrected chi connectivity index (χ0v) is 12.0. The molecule has 2 rings (SSSR count). The van der Waals surface area contributed by atoms with E-state index in [1.54, 1.807) is 0 Å². The molecule has 0 amide bonds. The number of rotatable bonds is 5. The standard InChI is InChI=1S/C12H22O11/c13-1-4-6(16)8(18)9(19)11(21-4)22-10-7(17)5(2-14)23-12(10,20)3-15/h4-11,13-20H,1-3H2/t4?,5-,6+,7+,8+,9?,10?,11+,12?/m1/s1. The Morgan fingerprint density at radius 1 is 0.826 bits per heavy atom. The fourth-order valence-corrected chi connectivity index (χ4v) is 2.64. The molecule has 136 valence electrons. The van der Waals surface area contributed by atoms with Crippen molar-refractivity contribution in [2.75, 3.05) is 19.8 Å². The van der Waals surface area contributed by atoms with E-state index in [-0.39, 0.29) is 0 Å². The summed E-state index contributed by atoms with van der Waals surface area (Å²) in [6.45, 7) is -2.33. The zero-order chi connectivity index (χ0) is 17.4. The van der Waals surface area contributed by atoms with Crippen LogP contribution in [-0.2, 0) is 14.2 Å². The lowest BCUT2D eigenvalue weighted by atomic mass is 9.99. The summed E-state index contributed by atoms with van der Waals surface area (Å²) in [6.07, 6.45) is -12.4. The Labute approximate surface area is 130 Å². The summed E-state index contributed by atoms with van der Waals surface area (Å²) in [7, 11) is 0. The SMILES string of the molecule is OCC1O[C@@H](OC2[C@@H](O)[C@@H](CO)OC2(O)CO)C(O)[C@@H](O)[C@H]1O. The van der Waals surface area contributed by atoms with Gasteiger partial charge in [0.25, 0.3) is 0 Å². The second-order valence-electron chi connectivity index (χ2n) is 5.59. The van der Waals surface area contributed by atoms with Crippen molar-refractivity contribution in [3.05, 3.63) is 0 Å². The summed E-state index contributed by atoms with van der Waals surface area (Å²) >= 11 is 0. The van der Waals surface area contributed by atoms with Gasteiger partial charge in [-0.3, -0.25) is 0 Å². The quantitative estimate of drug-likeness (QED) is 0.238. The van der Waals surface area contributed by atoms with Gasteiger partial charge < -0.3 is 55.1 Å². The highest BCUT2D eigenvalue weighted by molar-refractivity contribution is 4.98. The van der Waals surface area contributed by atoms with Crippen molar-refractivity contribution in [3.8, 4) is 0 Å². The van der Waals surface area contributed by atoms with Gasteiger partial charge in [-0.25, -0.2) is 0 Å². The van der Waals surface area contributed by atoms with Crippen LogP contribution in [0.3, 0.4) is 0 Å². The molecule has 2 saturated heterocycles. The maximum atomic E-state index is 10.1. The molecule has 9 atom stereocenters. The third-order valence-corrected chi connectivity index (χ3v) is 4.03. The van der Waals surface area contributed by atoms with E-state index < -0.39 is 74.6 Å². The van der Waals surface area contributed by atoms with Crippen LogP contribution >= 0.6 is 0 Å². The molecule has 0 bridgehead atoms. The monoisotopic (exact) mass is 342 g/mol. The van der Waals surface area contributed by atoms with E-state index in [9.17, 15) is 30.6 Å². The first-order valence-corrected chi connectivity index (χ1v) is 7.05. The van der Waals surface area contributed by atoms with Gasteiger partial charge in [0.2, 0.25) is 5.79 Å². The molecule has 11 heteroatoms. The minimum Gasteiger partial charge on any atom is -0.394 e. The largest absolute Gasteiger partial charge is 0.394 e. The molecule has 2 aliphatic heterocycles. The van der Waals surface area contributed by atoms with Gasteiger partial charge in [-0.05, 0) is 0 Å². The van der Waals surface area contributed by atoms with Crippen LogP contribution in [-0.4, -0.2) is 115 Å². The molecule has 2 heterocycles. The molecular formula is C12H22O11. The normalized spacial score (nSPS) is 51.1. The van der Waals surface area contributed by atoms with Crippen LogP contribution in [0.15, 0.2) is 0 Å². The molecule has 0 spiro atoms. The van der Waals surface area contributed by atoms with E-state index in [0.29, 0.717) is 0 Å². The molecule has 0 saturated carbocycles. The van der Waals surface area contributed by atoms with Crippen molar-refractivity contribution in [1.29, 1.82) is 0 Å². The minimum absolute atomic E-state index is 0.669. The topological polar surface area (TPSA) is 190 Å². The maximum absolute atomic E-state index is 10.1. The van der Waals surface area contributed by atoms with Gasteiger partial charge in [0.05, 0.1) is 19.8 Å². The Hall–Kier alpha value is -0.440. The van der Waals surface area contributed by atoms with Crippen molar-refractivity contribution >= 4 is 0 Å². The molecule has 2 aliphatic rings. The van der Waals surface area contributed by atoms with E-state index >= 15 is 0 Å². The lowest BCUT2D eigenvalue weighted by Crippen LogP contribution is -2.61. The van der Waals surface area contributed by atoms with Gasteiger partial charge in [0, 0.05) is 0 Å². The molecule has 0 aromatic carbocycles. The highest BCUT2D eigenvalue weighted by Gasteiger charge is 2.57. The molecule has 0 aromatic rings. The van der Waals surface area contributed by atoms with Crippen molar-refractivity contribution < 1.29 is 55.1 Å². The van der Waals surface area contributed by atoms with Gasteiger partial charge in [0.1, 0.15) is 42.7 Å². The molecular weight excluding hydrogens is 320 g/mol. The summed E-state index contributed by atoms with van der Waals surface area (Å²) in [5, 5.41) is 76.7. The first-order valence-electron chi connectivity index (χ1n) is 7.05. The highest BCUT2D eigenvalue weighted by Crippen LogP contribution is 2.34. The molecule has 4 unspecified atom stereocenters. The third-order valence-electron chi connectivity index (χ3n) is 4.03. The smallest absolute Gasteiger partial charge is 0.219 e. The van der Waals surface area contributed by atoms with E-state index in [2.05, 4.69) is 0 Å². The van der Waals surface area contributed by atoms with Gasteiger partial charge in [-0.15, -0.1) is 0 Å². The summed E-state index contributed by atoms with van der Waals surface area (Å²) in [4.78, 5) is 0. The summed E-state index contributed by atoms with van der Waals surface area (Å²) in [5.74, 6) is -2.37. The molecule has 11 nitrogen and oxygen atoms in total. The second-order valence-corrected chi connectivity index (χ2v) is 5.59. The lowest BCUT2D eigenvalue weighted by molar-refractivity contribution is -0.342. The van der Waals surface area contributed by atoms with Crippen LogP contribution < -0.4 is 0 Å². The highest BCUT2D eigenvalue weighted by atomic mass is 16.7. The molecule has 8 N–H and O–H groups in total. The van der Waals surface area contributed by atoms with Crippen molar-refractivity contribution in [1.82, 2.24) is 0 Å². The van der Waals surface area contributed by atoms with E-state index in [4.69, 9.17) is 24.4 Å². The molecule has 0 aromatic heterocycles. The van der Waals surface area contributed by atoms with Gasteiger partial charge in [0.15, 0.2) is 6.29 Å². The van der Waals surface area contributed by atoms with Gasteiger partial charge in [-0.1, -0.05) is 0 Å². The maximum Gasteiger partial charge on any atom is 0.219 e. The Morgan fingerprint density at radius 2 is 1.43 bits per heavy atom. The van der Waals surface area contributed by atoms with Crippen molar-refractivity contribution in [3.63, 3.8) is 0 Å².